The van der Waals surface area contributed by atoms with Crippen LogP contribution in [0.1, 0.15) is 128 Å². The van der Waals surface area contributed by atoms with Gasteiger partial charge in [0.05, 0.1) is 0 Å². The van der Waals surface area contributed by atoms with Gasteiger partial charge in [0, 0.05) is 0 Å². The van der Waals surface area contributed by atoms with Crippen LogP contribution in [0.2, 0.25) is 0 Å². The molecule has 205 valence electrons. The summed E-state index contributed by atoms with van der Waals surface area (Å²) in [6, 6.07) is 0. The Morgan fingerprint density at radius 3 is 0.971 bits per heavy atom. The minimum atomic E-state index is 0.290. The van der Waals surface area contributed by atoms with Gasteiger partial charge < -0.3 is 5.32 Å². The standard InChI is InChI=1S/C28H53NP2.CO.ClH.Ru/c1-5-13-25(14-6-1)30(26-15-7-2-8-16-26)23-21-29-22-24-31(27-17-9-3-10-18-27)28-19-11-4-12-20-28;1-2;;/h25-29H,1-24H2;;1H;/q;;;+1/p-1. The van der Waals surface area contributed by atoms with Crippen molar-refractivity contribution in [3.63, 3.8) is 0 Å². The van der Waals surface area contributed by atoms with E-state index in [0.717, 1.165) is 22.6 Å². The van der Waals surface area contributed by atoms with Crippen LogP contribution in [0.15, 0.2) is 0 Å². The summed E-state index contributed by atoms with van der Waals surface area (Å²) < 4.78 is 7.50. The zero-order valence-corrected chi connectivity index (χ0v) is 26.6. The van der Waals surface area contributed by atoms with Gasteiger partial charge in [-0.05, 0) is 99.4 Å². The van der Waals surface area contributed by atoms with Crippen LogP contribution in [-0.2, 0) is 22.0 Å². The molecule has 4 saturated carbocycles. The number of nitrogens with one attached hydrogen (secondary N) is 1. The van der Waals surface area contributed by atoms with E-state index < -0.39 is 0 Å². The molecule has 2 nitrogen and oxygen atoms in total. The van der Waals surface area contributed by atoms with Crippen molar-refractivity contribution in [1.29, 1.82) is 0 Å². The van der Waals surface area contributed by atoms with E-state index >= 15 is 0 Å². The Bertz CT molecular complexity index is 438. The number of rotatable bonds is 10. The summed E-state index contributed by atoms with van der Waals surface area (Å²) >= 11 is 1.82. The maximum absolute atomic E-state index is 7.50. The van der Waals surface area contributed by atoms with E-state index in [2.05, 4.69) is 21.7 Å². The van der Waals surface area contributed by atoms with Crippen LogP contribution < -0.4 is 5.32 Å². The zero-order chi connectivity index (χ0) is 25.1. The molecule has 0 aromatic carbocycles. The van der Waals surface area contributed by atoms with Gasteiger partial charge in [0.15, 0.2) is 0 Å². The molecule has 0 amide bonds. The van der Waals surface area contributed by atoms with Crippen molar-refractivity contribution in [3.05, 3.63) is 6.65 Å². The summed E-state index contributed by atoms with van der Waals surface area (Å²) in [5.74, 6) is 0. The van der Waals surface area contributed by atoms with Crippen LogP contribution in [0.4, 0.5) is 0 Å². The van der Waals surface area contributed by atoms with E-state index in [-0.39, 0.29) is 15.8 Å². The molecule has 35 heavy (non-hydrogen) atoms. The summed E-state index contributed by atoms with van der Waals surface area (Å²) in [5, 5.41) is 4.04. The summed E-state index contributed by atoms with van der Waals surface area (Å²) in [7, 11) is 5.15. The fourth-order valence-corrected chi connectivity index (χ4v) is 15.1. The van der Waals surface area contributed by atoms with Gasteiger partial charge in [0.1, 0.15) is 0 Å². The number of halogens is 1. The van der Waals surface area contributed by atoms with E-state index in [1.165, 1.54) is 90.1 Å². The van der Waals surface area contributed by atoms with E-state index in [9.17, 15) is 0 Å². The third-order valence-corrected chi connectivity index (χ3v) is 16.6. The normalized spacial score (nSPS) is 23.4. The van der Waals surface area contributed by atoms with Gasteiger partial charge in [-0.3, -0.25) is 0 Å². The zero-order valence-electron chi connectivity index (χ0n) is 22.3. The Morgan fingerprint density at radius 1 is 0.514 bits per heavy atom. The van der Waals surface area contributed by atoms with E-state index in [0.29, 0.717) is 0 Å². The Morgan fingerprint density at radius 2 is 0.743 bits per heavy atom. The third-order valence-electron chi connectivity index (χ3n) is 9.27. The number of hydrogen-bond donors (Lipinski definition) is 1. The summed E-state index contributed by atoms with van der Waals surface area (Å²) in [6.07, 6.45) is 34.1. The second kappa shape index (κ2) is 21.3. The second-order valence-electron chi connectivity index (χ2n) is 11.4. The molecule has 4 aliphatic carbocycles. The molecule has 0 spiro atoms. The summed E-state index contributed by atoms with van der Waals surface area (Å²) in [5.41, 5.74) is 4.54. The van der Waals surface area contributed by atoms with Crippen molar-refractivity contribution in [2.45, 2.75) is 151 Å². The summed E-state index contributed by atoms with van der Waals surface area (Å²) in [4.78, 5) is 0. The van der Waals surface area contributed by atoms with Crippen LogP contribution in [-0.4, -0.2) is 48.0 Å². The van der Waals surface area contributed by atoms with Crippen molar-refractivity contribution >= 4 is 25.5 Å². The van der Waals surface area contributed by atoms with E-state index in [4.69, 9.17) is 4.65 Å². The Kier molecular flexibility index (Phi) is 19.9. The average molecular weight is 630 g/mol. The SMILES string of the molecule is C1CCC(P(CCNCCP(C2CCCCC2)C2CCCCC2)C2CCCCC2)CC1.[C-]#[O+].[Cl][Ru]. The maximum atomic E-state index is 7.50. The average Bonchev–Trinajstić information content (AvgIpc) is 2.97. The van der Waals surface area contributed by atoms with Gasteiger partial charge in [0.25, 0.3) is 0 Å². The molecule has 0 aromatic heterocycles. The van der Waals surface area contributed by atoms with Crippen LogP contribution in [0, 0.1) is 6.65 Å². The predicted molar refractivity (Wildman–Crippen MR) is 154 cm³/mol. The molecule has 0 aliphatic heterocycles. The van der Waals surface area contributed by atoms with Crippen molar-refractivity contribution < 1.29 is 22.0 Å². The first-order valence-electron chi connectivity index (χ1n) is 15.0. The van der Waals surface area contributed by atoms with E-state index in [1.54, 1.807) is 63.7 Å². The molecule has 0 bridgehead atoms. The van der Waals surface area contributed by atoms with Crippen molar-refractivity contribution in [2.24, 2.45) is 0 Å². The van der Waals surface area contributed by atoms with E-state index in [1.807, 2.05) is 17.3 Å². The van der Waals surface area contributed by atoms with Crippen LogP contribution in [0.25, 0.3) is 0 Å². The fourth-order valence-electron chi connectivity index (χ4n) is 7.52. The van der Waals surface area contributed by atoms with Gasteiger partial charge in [-0.2, -0.15) is 0 Å². The molecule has 6 heteroatoms. The number of hydrogen-bond acceptors (Lipinski definition) is 1. The molecule has 0 aromatic rings. The predicted octanol–water partition coefficient (Wildman–Crippen LogP) is 9.52. The third kappa shape index (κ3) is 12.0. The molecular weight excluding hydrogens is 577 g/mol. The first-order chi connectivity index (χ1) is 17.4. The molecule has 0 unspecified atom stereocenters. The Balaban J connectivity index is 0.00000103. The van der Waals surface area contributed by atoms with Gasteiger partial charge >= 0.3 is 38.3 Å². The summed E-state index contributed by atoms with van der Waals surface area (Å²) in [6.45, 7) is 7.19. The van der Waals surface area contributed by atoms with Crippen molar-refractivity contribution in [2.75, 3.05) is 25.4 Å². The molecule has 0 atom stereocenters. The molecule has 4 fully saturated rings. The first-order valence-corrected chi connectivity index (χ1v) is 20.5. The van der Waals surface area contributed by atoms with Crippen LogP contribution >= 0.6 is 25.5 Å². The van der Waals surface area contributed by atoms with Crippen molar-refractivity contribution in [1.82, 2.24) is 5.32 Å². The van der Waals surface area contributed by atoms with Gasteiger partial charge in [-0.25, -0.2) is 0 Å². The first kappa shape index (κ1) is 32.7. The molecule has 0 saturated heterocycles. The molecule has 0 heterocycles. The molecule has 4 aliphatic rings. The monoisotopic (exact) mass is 630 g/mol. The minimum absolute atomic E-state index is 0.290. The van der Waals surface area contributed by atoms with Gasteiger partial charge in [-0.15, -0.1) is 0 Å². The van der Waals surface area contributed by atoms with Gasteiger partial charge in [0.2, 0.25) is 0 Å². The molecule has 0 radical (unpaired) electrons. The van der Waals surface area contributed by atoms with Crippen LogP contribution in [0.5, 0.6) is 0 Å². The molecule has 1 N–H and O–H groups in total. The topological polar surface area (TPSA) is 31.9 Å². The molecule has 4 rings (SSSR count). The second-order valence-corrected chi connectivity index (χ2v) is 17.3. The quantitative estimate of drug-likeness (QED) is 0.0843. The Labute approximate surface area is 235 Å². The molecular formula is C29H53ClNOP2Ru. The van der Waals surface area contributed by atoms with Crippen LogP contribution in [0.3, 0.4) is 0 Å². The van der Waals surface area contributed by atoms with Crippen molar-refractivity contribution in [3.8, 4) is 0 Å². The Hall–Kier alpha value is 1.47. The van der Waals surface area contributed by atoms with Gasteiger partial charge in [-0.1, -0.05) is 92.9 Å². The fraction of sp³-hybridized carbons (Fsp3) is 0.966.